The van der Waals surface area contributed by atoms with Crippen molar-refractivity contribution >= 4 is 10.0 Å². The number of rotatable bonds is 6. The van der Waals surface area contributed by atoms with Crippen LogP contribution in [0, 0.1) is 6.92 Å². The van der Waals surface area contributed by atoms with Crippen molar-refractivity contribution in [1.82, 2.24) is 14.9 Å². The highest BCUT2D eigenvalue weighted by Crippen LogP contribution is 2.12. The van der Waals surface area contributed by atoms with Crippen molar-refractivity contribution in [1.29, 1.82) is 0 Å². The Bertz CT molecular complexity index is 662. The molecule has 0 aliphatic carbocycles. The first kappa shape index (κ1) is 14.7. The van der Waals surface area contributed by atoms with Gasteiger partial charge < -0.3 is 5.73 Å². The zero-order chi connectivity index (χ0) is 14.6. The molecule has 0 aliphatic rings. The lowest BCUT2D eigenvalue weighted by Crippen LogP contribution is -2.23. The van der Waals surface area contributed by atoms with Crippen LogP contribution in [0.4, 0.5) is 0 Å². The molecule has 0 radical (unpaired) electrons. The summed E-state index contributed by atoms with van der Waals surface area (Å²) in [5.41, 5.74) is 8.05. The van der Waals surface area contributed by atoms with Crippen LogP contribution in [0.5, 0.6) is 0 Å². The quantitative estimate of drug-likeness (QED) is 0.730. The van der Waals surface area contributed by atoms with Gasteiger partial charge in [-0.1, -0.05) is 24.3 Å². The van der Waals surface area contributed by atoms with Gasteiger partial charge in [-0.3, -0.25) is 5.10 Å². The minimum absolute atomic E-state index is 0.178. The number of nitrogens with two attached hydrogens (primary N) is 1. The summed E-state index contributed by atoms with van der Waals surface area (Å²) in [6.07, 6.45) is 2.13. The van der Waals surface area contributed by atoms with E-state index in [9.17, 15) is 8.42 Å². The molecular formula is C13H18N4O2S. The van der Waals surface area contributed by atoms with Gasteiger partial charge in [0.25, 0.3) is 0 Å². The normalized spacial score (nSPS) is 11.7. The number of hydrogen-bond acceptors (Lipinski definition) is 4. The van der Waals surface area contributed by atoms with Crippen LogP contribution in [0.1, 0.15) is 16.8 Å². The van der Waals surface area contributed by atoms with E-state index in [1.807, 2.05) is 24.3 Å². The van der Waals surface area contributed by atoms with E-state index in [2.05, 4.69) is 14.9 Å². The van der Waals surface area contributed by atoms with E-state index in [1.54, 1.807) is 6.92 Å². The molecule has 20 heavy (non-hydrogen) atoms. The number of aromatic amines is 1. The van der Waals surface area contributed by atoms with E-state index in [1.165, 1.54) is 6.20 Å². The summed E-state index contributed by atoms with van der Waals surface area (Å²) in [4.78, 5) is 0.178. The molecule has 4 N–H and O–H groups in total. The fourth-order valence-corrected chi connectivity index (χ4v) is 3.01. The van der Waals surface area contributed by atoms with Gasteiger partial charge in [-0.2, -0.15) is 5.10 Å². The minimum Gasteiger partial charge on any atom is -0.330 e. The summed E-state index contributed by atoms with van der Waals surface area (Å²) in [7, 11) is -3.53. The predicted octanol–water partition coefficient (Wildman–Crippen LogP) is 0.698. The number of aryl methyl sites for hydroxylation is 1. The van der Waals surface area contributed by atoms with Crippen LogP contribution in [0.3, 0.4) is 0 Å². The number of aromatic nitrogens is 2. The molecule has 0 unspecified atom stereocenters. The first-order chi connectivity index (χ1) is 9.53. The number of nitrogens with zero attached hydrogens (tertiary/aromatic N) is 1. The van der Waals surface area contributed by atoms with Gasteiger partial charge in [0.2, 0.25) is 10.0 Å². The fraction of sp³-hybridized carbons (Fsp3) is 0.308. The van der Waals surface area contributed by atoms with Crippen LogP contribution in [0.15, 0.2) is 35.4 Å². The van der Waals surface area contributed by atoms with Crippen molar-refractivity contribution in [3.63, 3.8) is 0 Å². The molecule has 108 valence electrons. The second kappa shape index (κ2) is 6.17. The number of H-pyrrole nitrogens is 1. The number of nitrogens with one attached hydrogen (secondary N) is 2. The molecule has 7 heteroatoms. The molecule has 0 aliphatic heterocycles. The lowest BCUT2D eigenvalue weighted by Gasteiger charge is -2.06. The average Bonchev–Trinajstić information content (AvgIpc) is 2.86. The fourth-order valence-electron chi connectivity index (χ4n) is 1.86. The van der Waals surface area contributed by atoms with E-state index in [0.29, 0.717) is 12.2 Å². The highest BCUT2D eigenvalue weighted by molar-refractivity contribution is 7.89. The van der Waals surface area contributed by atoms with Gasteiger partial charge in [-0.25, -0.2) is 13.1 Å². The van der Waals surface area contributed by atoms with E-state index in [4.69, 9.17) is 5.73 Å². The highest BCUT2D eigenvalue weighted by Gasteiger charge is 2.17. The van der Waals surface area contributed by atoms with Gasteiger partial charge in [-0.05, 0) is 31.0 Å². The molecule has 0 saturated carbocycles. The summed E-state index contributed by atoms with van der Waals surface area (Å²) in [5.74, 6) is 0. The third kappa shape index (κ3) is 3.44. The maximum Gasteiger partial charge on any atom is 0.244 e. The Hall–Kier alpha value is -1.70. The summed E-state index contributed by atoms with van der Waals surface area (Å²) < 4.78 is 26.7. The van der Waals surface area contributed by atoms with Gasteiger partial charge >= 0.3 is 0 Å². The molecule has 2 rings (SSSR count). The SMILES string of the molecule is Cc1[nH]ncc1S(=O)(=O)NCc1ccc(CCN)cc1. The molecule has 0 saturated heterocycles. The molecule has 0 spiro atoms. The molecule has 1 heterocycles. The second-order valence-electron chi connectivity index (χ2n) is 4.54. The largest absolute Gasteiger partial charge is 0.330 e. The molecule has 1 aromatic heterocycles. The smallest absolute Gasteiger partial charge is 0.244 e. The third-order valence-corrected chi connectivity index (χ3v) is 4.51. The Morgan fingerprint density at radius 1 is 1.25 bits per heavy atom. The number of benzene rings is 1. The maximum absolute atomic E-state index is 12.1. The van der Waals surface area contributed by atoms with Crippen molar-refractivity contribution in [2.24, 2.45) is 5.73 Å². The molecule has 0 bridgehead atoms. The molecule has 0 fully saturated rings. The first-order valence-electron chi connectivity index (χ1n) is 6.30. The van der Waals surface area contributed by atoms with E-state index >= 15 is 0 Å². The summed E-state index contributed by atoms with van der Waals surface area (Å²) in [6, 6.07) is 7.71. The Labute approximate surface area is 118 Å². The number of hydrogen-bond donors (Lipinski definition) is 3. The lowest BCUT2D eigenvalue weighted by molar-refractivity contribution is 0.581. The van der Waals surface area contributed by atoms with Crippen LogP contribution in [0.25, 0.3) is 0 Å². The predicted molar refractivity (Wildman–Crippen MR) is 76.6 cm³/mol. The molecular weight excluding hydrogens is 276 g/mol. The molecule has 0 amide bonds. The van der Waals surface area contributed by atoms with Crippen LogP contribution in [-0.4, -0.2) is 25.2 Å². The zero-order valence-corrected chi connectivity index (χ0v) is 12.1. The Balaban J connectivity index is 2.03. The van der Waals surface area contributed by atoms with Crippen molar-refractivity contribution in [2.45, 2.75) is 24.8 Å². The van der Waals surface area contributed by atoms with Crippen LogP contribution in [0.2, 0.25) is 0 Å². The molecule has 0 atom stereocenters. The van der Waals surface area contributed by atoms with E-state index < -0.39 is 10.0 Å². The van der Waals surface area contributed by atoms with Gasteiger partial charge in [0.1, 0.15) is 4.90 Å². The van der Waals surface area contributed by atoms with Gasteiger partial charge in [-0.15, -0.1) is 0 Å². The zero-order valence-electron chi connectivity index (χ0n) is 11.3. The summed E-state index contributed by atoms with van der Waals surface area (Å²) >= 11 is 0. The van der Waals surface area contributed by atoms with Crippen molar-refractivity contribution in [3.05, 3.63) is 47.3 Å². The highest BCUT2D eigenvalue weighted by atomic mass is 32.2. The van der Waals surface area contributed by atoms with E-state index in [0.717, 1.165) is 17.5 Å². The van der Waals surface area contributed by atoms with Crippen LogP contribution in [-0.2, 0) is 23.0 Å². The summed E-state index contributed by atoms with van der Waals surface area (Å²) in [6.45, 7) is 2.52. The van der Waals surface area contributed by atoms with E-state index in [-0.39, 0.29) is 11.4 Å². The number of sulfonamides is 1. The van der Waals surface area contributed by atoms with Crippen molar-refractivity contribution in [3.8, 4) is 0 Å². The van der Waals surface area contributed by atoms with Crippen molar-refractivity contribution in [2.75, 3.05) is 6.54 Å². The Kier molecular flexibility index (Phi) is 4.53. The Morgan fingerprint density at radius 3 is 2.45 bits per heavy atom. The average molecular weight is 294 g/mol. The minimum atomic E-state index is -3.53. The van der Waals surface area contributed by atoms with Crippen molar-refractivity contribution < 1.29 is 8.42 Å². The maximum atomic E-state index is 12.1. The standard InChI is InChI=1S/C13H18N4O2S/c1-10-13(9-15-17-10)20(18,19)16-8-12-4-2-11(3-5-12)6-7-14/h2-5,9,16H,6-8,14H2,1H3,(H,15,17). The summed E-state index contributed by atoms with van der Waals surface area (Å²) in [5, 5.41) is 6.33. The van der Waals surface area contributed by atoms with Crippen LogP contribution >= 0.6 is 0 Å². The lowest BCUT2D eigenvalue weighted by atomic mass is 10.1. The van der Waals surface area contributed by atoms with Gasteiger partial charge in [0.05, 0.1) is 11.9 Å². The molecule has 6 nitrogen and oxygen atoms in total. The third-order valence-electron chi connectivity index (χ3n) is 3.00. The molecule has 1 aromatic carbocycles. The Morgan fingerprint density at radius 2 is 1.90 bits per heavy atom. The van der Waals surface area contributed by atoms with Gasteiger partial charge in [0, 0.05) is 6.54 Å². The topological polar surface area (TPSA) is 101 Å². The molecule has 2 aromatic rings. The monoisotopic (exact) mass is 294 g/mol. The van der Waals surface area contributed by atoms with Crippen LogP contribution < -0.4 is 10.5 Å². The van der Waals surface area contributed by atoms with Gasteiger partial charge in [0.15, 0.2) is 0 Å². The first-order valence-corrected chi connectivity index (χ1v) is 7.79. The second-order valence-corrected chi connectivity index (χ2v) is 6.27.